The van der Waals surface area contributed by atoms with Gasteiger partial charge < -0.3 is 31.5 Å². The second-order valence-corrected chi connectivity index (χ2v) is 6.54. The summed E-state index contributed by atoms with van der Waals surface area (Å²) >= 11 is 0. The van der Waals surface area contributed by atoms with Crippen LogP contribution in [0.5, 0.6) is 0 Å². The van der Waals surface area contributed by atoms with Crippen molar-refractivity contribution >= 4 is 23.7 Å². The van der Waals surface area contributed by atoms with Crippen molar-refractivity contribution in [3.05, 3.63) is 0 Å². The quantitative estimate of drug-likeness (QED) is 0.412. The number of likely N-dealkylation sites (tertiary alicyclic amines) is 2. The van der Waals surface area contributed by atoms with E-state index in [9.17, 15) is 29.4 Å². The van der Waals surface area contributed by atoms with E-state index in [0.717, 1.165) is 0 Å². The summed E-state index contributed by atoms with van der Waals surface area (Å²) in [6.45, 7) is 0.253. The molecule has 10 nitrogen and oxygen atoms in total. The molecule has 0 spiro atoms. The number of carboxylic acid groups (broad SMARTS) is 1. The monoisotopic (exact) mass is 356 g/mol. The number of rotatable bonds is 6. The number of β-amino-alcohol motifs (C(OH)–C–C–N with tert-alkyl or cyclic N) is 1. The van der Waals surface area contributed by atoms with Crippen molar-refractivity contribution in [2.75, 3.05) is 13.1 Å². The van der Waals surface area contributed by atoms with Gasteiger partial charge in [0.2, 0.25) is 17.7 Å². The van der Waals surface area contributed by atoms with Crippen LogP contribution in [0.2, 0.25) is 0 Å². The molecule has 4 atom stereocenters. The molecular weight excluding hydrogens is 332 g/mol. The molecule has 140 valence electrons. The second kappa shape index (κ2) is 7.79. The van der Waals surface area contributed by atoms with Gasteiger partial charge in [-0.1, -0.05) is 0 Å². The minimum atomic E-state index is -1.08. The maximum Gasteiger partial charge on any atom is 0.326 e. The van der Waals surface area contributed by atoms with Gasteiger partial charge in [0.25, 0.3) is 0 Å². The van der Waals surface area contributed by atoms with E-state index in [0.29, 0.717) is 19.4 Å². The van der Waals surface area contributed by atoms with Crippen LogP contribution < -0.4 is 11.5 Å². The Morgan fingerprint density at radius 3 is 2.44 bits per heavy atom. The number of hydrogen-bond acceptors (Lipinski definition) is 6. The molecule has 2 heterocycles. The van der Waals surface area contributed by atoms with Gasteiger partial charge in [0.1, 0.15) is 12.1 Å². The van der Waals surface area contributed by atoms with Crippen molar-refractivity contribution in [3.8, 4) is 0 Å². The highest BCUT2D eigenvalue weighted by Crippen LogP contribution is 2.26. The zero-order chi connectivity index (χ0) is 18.7. The first-order chi connectivity index (χ1) is 11.7. The van der Waals surface area contributed by atoms with Gasteiger partial charge in [0.05, 0.1) is 12.1 Å². The molecule has 0 aromatic rings. The zero-order valence-corrected chi connectivity index (χ0v) is 13.8. The normalized spacial score (nSPS) is 27.4. The van der Waals surface area contributed by atoms with Gasteiger partial charge >= 0.3 is 5.97 Å². The van der Waals surface area contributed by atoms with Crippen LogP contribution in [0.25, 0.3) is 0 Å². The lowest BCUT2D eigenvalue weighted by atomic mass is 10.1. The largest absolute Gasteiger partial charge is 0.480 e. The van der Waals surface area contributed by atoms with E-state index in [2.05, 4.69) is 0 Å². The van der Waals surface area contributed by atoms with Crippen LogP contribution in [0.15, 0.2) is 0 Å². The van der Waals surface area contributed by atoms with Crippen molar-refractivity contribution < 1.29 is 29.4 Å². The van der Waals surface area contributed by atoms with Gasteiger partial charge in [-0.05, 0) is 19.3 Å². The predicted molar refractivity (Wildman–Crippen MR) is 84.9 cm³/mol. The molecular formula is C15H24N4O6. The Morgan fingerprint density at radius 2 is 1.84 bits per heavy atom. The van der Waals surface area contributed by atoms with E-state index in [4.69, 9.17) is 11.5 Å². The van der Waals surface area contributed by atoms with Crippen LogP contribution >= 0.6 is 0 Å². The van der Waals surface area contributed by atoms with Crippen LogP contribution in [0.4, 0.5) is 0 Å². The van der Waals surface area contributed by atoms with Gasteiger partial charge in [-0.25, -0.2) is 4.79 Å². The first-order valence-electron chi connectivity index (χ1n) is 8.28. The van der Waals surface area contributed by atoms with Crippen molar-refractivity contribution in [1.82, 2.24) is 9.80 Å². The van der Waals surface area contributed by atoms with Gasteiger partial charge in [-0.3, -0.25) is 14.4 Å². The highest BCUT2D eigenvalue weighted by molar-refractivity contribution is 5.93. The van der Waals surface area contributed by atoms with Crippen molar-refractivity contribution in [3.63, 3.8) is 0 Å². The van der Waals surface area contributed by atoms with E-state index in [1.165, 1.54) is 9.80 Å². The molecule has 2 aliphatic heterocycles. The summed E-state index contributed by atoms with van der Waals surface area (Å²) in [4.78, 5) is 49.8. The third kappa shape index (κ3) is 4.26. The average molecular weight is 356 g/mol. The third-order valence-corrected chi connectivity index (χ3v) is 4.69. The smallest absolute Gasteiger partial charge is 0.326 e. The number of aliphatic hydroxyl groups is 1. The fourth-order valence-corrected chi connectivity index (χ4v) is 3.40. The topological polar surface area (TPSA) is 167 Å². The number of carboxylic acids is 1. The zero-order valence-electron chi connectivity index (χ0n) is 13.8. The van der Waals surface area contributed by atoms with E-state index in [-0.39, 0.29) is 25.8 Å². The molecule has 0 bridgehead atoms. The number of amides is 3. The van der Waals surface area contributed by atoms with Gasteiger partial charge in [-0.15, -0.1) is 0 Å². The van der Waals surface area contributed by atoms with Crippen molar-refractivity contribution in [2.45, 2.75) is 56.3 Å². The average Bonchev–Trinajstić information content (AvgIpc) is 3.17. The Bertz CT molecular complexity index is 568. The molecule has 25 heavy (non-hydrogen) atoms. The number of nitrogens with zero attached hydrogens (tertiary/aromatic N) is 2. The van der Waals surface area contributed by atoms with Gasteiger partial charge in [-0.2, -0.15) is 0 Å². The number of aliphatic carboxylic acids is 1. The predicted octanol–water partition coefficient (Wildman–Crippen LogP) is -2.38. The Balaban J connectivity index is 2.10. The summed E-state index contributed by atoms with van der Waals surface area (Å²) in [6.07, 6.45) is 0.0767. The molecule has 0 radical (unpaired) electrons. The summed E-state index contributed by atoms with van der Waals surface area (Å²) in [5.74, 6) is -2.71. The molecule has 10 heteroatoms. The van der Waals surface area contributed by atoms with Crippen LogP contribution in [0, 0.1) is 0 Å². The van der Waals surface area contributed by atoms with Crippen LogP contribution in [0.3, 0.4) is 0 Å². The lowest BCUT2D eigenvalue weighted by Crippen LogP contribution is -2.54. The number of nitrogens with two attached hydrogens (primary N) is 2. The number of hydrogen-bond donors (Lipinski definition) is 4. The molecule has 2 saturated heterocycles. The molecule has 0 saturated carbocycles. The summed E-state index contributed by atoms with van der Waals surface area (Å²) < 4.78 is 0. The highest BCUT2D eigenvalue weighted by atomic mass is 16.4. The third-order valence-electron chi connectivity index (χ3n) is 4.69. The Labute approximate surface area is 144 Å². The first kappa shape index (κ1) is 19.1. The van der Waals surface area contributed by atoms with Gasteiger partial charge in [0, 0.05) is 25.9 Å². The standard InChI is InChI=1S/C15H24N4O6/c16-9(3-4-12(17)21)13(22)19-7-8(20)6-11(19)14(23)18-5-1-2-10(18)15(24)25/h8-11,20H,1-7,16H2,(H2,17,21)(H,24,25)/t8-,9+,10+,11+/m1/s1. The lowest BCUT2D eigenvalue weighted by Gasteiger charge is -2.31. The molecule has 2 fully saturated rings. The molecule has 0 unspecified atom stereocenters. The van der Waals surface area contributed by atoms with Crippen LogP contribution in [0.1, 0.15) is 32.1 Å². The second-order valence-electron chi connectivity index (χ2n) is 6.54. The number of aliphatic hydroxyl groups excluding tert-OH is 1. The van der Waals surface area contributed by atoms with Crippen molar-refractivity contribution in [2.24, 2.45) is 11.5 Å². The maximum atomic E-state index is 12.8. The maximum absolute atomic E-state index is 12.8. The number of carbonyl (C=O) groups excluding carboxylic acids is 3. The Kier molecular flexibility index (Phi) is 5.96. The minimum Gasteiger partial charge on any atom is -0.480 e. The summed E-state index contributed by atoms with van der Waals surface area (Å²) in [5.41, 5.74) is 10.8. The minimum absolute atomic E-state index is 0.0377. The first-order valence-corrected chi connectivity index (χ1v) is 8.28. The Morgan fingerprint density at radius 1 is 1.16 bits per heavy atom. The SMILES string of the molecule is NC(=O)CC[C@H](N)C(=O)N1C[C@H](O)C[C@H]1C(=O)N1CCC[C@H]1C(=O)O. The molecule has 2 aliphatic rings. The van der Waals surface area contributed by atoms with Crippen LogP contribution in [-0.4, -0.2) is 81.0 Å². The molecule has 0 aromatic heterocycles. The molecule has 0 aromatic carbocycles. The summed E-state index contributed by atoms with van der Waals surface area (Å²) in [5, 5.41) is 19.1. The van der Waals surface area contributed by atoms with Gasteiger partial charge in [0.15, 0.2) is 0 Å². The van der Waals surface area contributed by atoms with E-state index in [1.807, 2.05) is 0 Å². The van der Waals surface area contributed by atoms with E-state index in [1.54, 1.807) is 0 Å². The van der Waals surface area contributed by atoms with Crippen LogP contribution in [-0.2, 0) is 19.2 Å². The number of primary amides is 1. The summed E-state index contributed by atoms with van der Waals surface area (Å²) in [7, 11) is 0. The van der Waals surface area contributed by atoms with E-state index >= 15 is 0 Å². The molecule has 2 rings (SSSR count). The molecule has 0 aliphatic carbocycles. The molecule has 3 amide bonds. The fraction of sp³-hybridized carbons (Fsp3) is 0.733. The number of carbonyl (C=O) groups is 4. The Hall–Kier alpha value is -2.20. The fourth-order valence-electron chi connectivity index (χ4n) is 3.40. The molecule has 6 N–H and O–H groups in total. The lowest BCUT2D eigenvalue weighted by molar-refractivity contribution is -0.152. The van der Waals surface area contributed by atoms with E-state index < -0.39 is 47.9 Å². The van der Waals surface area contributed by atoms with Crippen molar-refractivity contribution in [1.29, 1.82) is 0 Å². The summed E-state index contributed by atoms with van der Waals surface area (Å²) in [6, 6.07) is -2.87. The highest BCUT2D eigenvalue weighted by Gasteiger charge is 2.45.